The summed E-state index contributed by atoms with van der Waals surface area (Å²) < 4.78 is 5.20. The van der Waals surface area contributed by atoms with Crippen molar-refractivity contribution in [3.63, 3.8) is 0 Å². The number of carbonyl (C=O) groups excluding carboxylic acids is 1. The van der Waals surface area contributed by atoms with Gasteiger partial charge in [0.15, 0.2) is 0 Å². The number of hydrogen-bond acceptors (Lipinski definition) is 3. The molecule has 5 heteroatoms. The van der Waals surface area contributed by atoms with E-state index < -0.39 is 0 Å². The second kappa shape index (κ2) is 10.5. The molecule has 0 saturated carbocycles. The van der Waals surface area contributed by atoms with E-state index in [0.29, 0.717) is 25.0 Å². The molecule has 1 fully saturated rings. The first kappa shape index (κ1) is 22.8. The summed E-state index contributed by atoms with van der Waals surface area (Å²) in [7, 11) is 1.63. The van der Waals surface area contributed by atoms with Crippen LogP contribution in [0.2, 0.25) is 0 Å². The molecule has 5 nitrogen and oxygen atoms in total. The molecule has 1 saturated heterocycles. The highest BCUT2D eigenvalue weighted by molar-refractivity contribution is 5.89. The Labute approximate surface area is 207 Å². The standard InChI is InChI=1S/C30H29N3O2/c1-35-27-17-15-26(16-18-27)31-30(34)33-20-6-5-19-32-21-28(29(32)22-33)25-13-11-24(12-14-25)10-9-23-7-3-2-4-8-23/h2-8,11-18,28-29H,19-22H2,1H3,(H,31,34)/b6-5-/t28-,29+/m1/s1. The van der Waals surface area contributed by atoms with Gasteiger partial charge in [0.25, 0.3) is 0 Å². The van der Waals surface area contributed by atoms with E-state index in [9.17, 15) is 4.79 Å². The van der Waals surface area contributed by atoms with Crippen molar-refractivity contribution >= 4 is 11.7 Å². The number of rotatable bonds is 3. The van der Waals surface area contributed by atoms with Crippen molar-refractivity contribution in [3.8, 4) is 17.6 Å². The zero-order valence-electron chi connectivity index (χ0n) is 19.9. The predicted molar refractivity (Wildman–Crippen MR) is 140 cm³/mol. The van der Waals surface area contributed by atoms with Crippen molar-refractivity contribution in [2.24, 2.45) is 0 Å². The number of ether oxygens (including phenoxy) is 1. The van der Waals surface area contributed by atoms with E-state index in [1.54, 1.807) is 7.11 Å². The van der Waals surface area contributed by atoms with Gasteiger partial charge >= 0.3 is 6.03 Å². The first-order valence-corrected chi connectivity index (χ1v) is 12.0. The summed E-state index contributed by atoms with van der Waals surface area (Å²) >= 11 is 0. The third-order valence-corrected chi connectivity index (χ3v) is 6.70. The topological polar surface area (TPSA) is 44.8 Å². The molecule has 35 heavy (non-hydrogen) atoms. The van der Waals surface area contributed by atoms with E-state index in [0.717, 1.165) is 35.7 Å². The fourth-order valence-electron chi connectivity index (χ4n) is 4.64. The highest BCUT2D eigenvalue weighted by Crippen LogP contribution is 2.35. The van der Waals surface area contributed by atoms with Gasteiger partial charge in [0.2, 0.25) is 0 Å². The number of amides is 2. The van der Waals surface area contributed by atoms with Crippen molar-refractivity contribution in [2.75, 3.05) is 38.6 Å². The summed E-state index contributed by atoms with van der Waals surface area (Å²) in [5.74, 6) is 7.63. The summed E-state index contributed by atoms with van der Waals surface area (Å²) in [6, 6.07) is 26.2. The van der Waals surface area contributed by atoms with E-state index >= 15 is 0 Å². The third kappa shape index (κ3) is 5.40. The minimum Gasteiger partial charge on any atom is -0.497 e. The summed E-state index contributed by atoms with van der Waals surface area (Å²) in [6.07, 6.45) is 4.25. The minimum atomic E-state index is -0.0844. The normalized spacial score (nSPS) is 20.2. The zero-order chi connectivity index (χ0) is 24.0. The van der Waals surface area contributed by atoms with Gasteiger partial charge in [0, 0.05) is 55.0 Å². The molecule has 5 rings (SSSR count). The largest absolute Gasteiger partial charge is 0.497 e. The number of urea groups is 1. The van der Waals surface area contributed by atoms with Crippen LogP contribution in [0.3, 0.4) is 0 Å². The SMILES string of the molecule is COc1ccc(NC(=O)N2C/C=C\CN3C[C@H](c4ccc(C#Cc5ccccc5)cc4)[C@@H]3C2)cc1. The summed E-state index contributed by atoms with van der Waals surface area (Å²) in [5, 5.41) is 3.02. The second-order valence-electron chi connectivity index (χ2n) is 8.90. The molecule has 176 valence electrons. The van der Waals surface area contributed by atoms with Gasteiger partial charge in [-0.2, -0.15) is 0 Å². The maximum atomic E-state index is 13.1. The van der Waals surface area contributed by atoms with Crippen LogP contribution in [0.25, 0.3) is 0 Å². The van der Waals surface area contributed by atoms with Gasteiger partial charge in [-0.05, 0) is 54.1 Å². The molecule has 0 unspecified atom stereocenters. The maximum Gasteiger partial charge on any atom is 0.322 e. The van der Waals surface area contributed by atoms with Crippen LogP contribution in [-0.2, 0) is 0 Å². The van der Waals surface area contributed by atoms with Gasteiger partial charge in [-0.1, -0.05) is 54.3 Å². The van der Waals surface area contributed by atoms with Crippen LogP contribution >= 0.6 is 0 Å². The molecular formula is C30H29N3O2. The fourth-order valence-corrected chi connectivity index (χ4v) is 4.64. The molecule has 2 atom stereocenters. The monoisotopic (exact) mass is 463 g/mol. The van der Waals surface area contributed by atoms with E-state index in [1.807, 2.05) is 59.5 Å². The van der Waals surface area contributed by atoms with Crippen molar-refractivity contribution < 1.29 is 9.53 Å². The Bertz CT molecular complexity index is 1240. The fraction of sp³-hybridized carbons (Fsp3) is 0.233. The maximum absolute atomic E-state index is 13.1. The Morgan fingerprint density at radius 1 is 0.857 bits per heavy atom. The van der Waals surface area contributed by atoms with Gasteiger partial charge in [-0.15, -0.1) is 0 Å². The van der Waals surface area contributed by atoms with Gasteiger partial charge < -0.3 is 15.0 Å². The Morgan fingerprint density at radius 3 is 2.26 bits per heavy atom. The second-order valence-corrected chi connectivity index (χ2v) is 8.90. The lowest BCUT2D eigenvalue weighted by Crippen LogP contribution is -2.60. The molecule has 3 aromatic carbocycles. The van der Waals surface area contributed by atoms with Gasteiger partial charge in [0.1, 0.15) is 5.75 Å². The summed E-state index contributed by atoms with van der Waals surface area (Å²) in [5.41, 5.74) is 4.09. The van der Waals surface area contributed by atoms with Crippen LogP contribution in [0, 0.1) is 11.8 Å². The molecule has 2 heterocycles. The van der Waals surface area contributed by atoms with Crippen LogP contribution in [0.4, 0.5) is 10.5 Å². The highest BCUT2D eigenvalue weighted by Gasteiger charge is 2.41. The van der Waals surface area contributed by atoms with E-state index in [2.05, 4.69) is 58.5 Å². The number of fused-ring (bicyclic) bond motifs is 1. The Morgan fingerprint density at radius 2 is 1.54 bits per heavy atom. The molecule has 0 aromatic heterocycles. The minimum absolute atomic E-state index is 0.0844. The van der Waals surface area contributed by atoms with Crippen molar-refractivity contribution in [3.05, 3.63) is 108 Å². The van der Waals surface area contributed by atoms with Gasteiger partial charge in [0.05, 0.1) is 7.11 Å². The average molecular weight is 464 g/mol. The molecule has 2 aliphatic heterocycles. The first-order chi connectivity index (χ1) is 17.2. The van der Waals surface area contributed by atoms with Gasteiger partial charge in [-0.25, -0.2) is 4.79 Å². The number of nitrogens with one attached hydrogen (secondary N) is 1. The van der Waals surface area contributed by atoms with Crippen LogP contribution in [0.5, 0.6) is 5.75 Å². The lowest BCUT2D eigenvalue weighted by atomic mass is 9.81. The van der Waals surface area contributed by atoms with Crippen molar-refractivity contribution in [1.82, 2.24) is 9.80 Å². The lowest BCUT2D eigenvalue weighted by Gasteiger charge is -2.50. The highest BCUT2D eigenvalue weighted by atomic mass is 16.5. The molecule has 3 aromatic rings. The van der Waals surface area contributed by atoms with Crippen LogP contribution in [-0.4, -0.2) is 55.2 Å². The van der Waals surface area contributed by atoms with E-state index in [4.69, 9.17) is 4.74 Å². The Hall–Kier alpha value is -4.01. The molecule has 0 radical (unpaired) electrons. The summed E-state index contributed by atoms with van der Waals surface area (Å²) in [4.78, 5) is 17.4. The molecule has 2 aliphatic rings. The predicted octanol–water partition coefficient (Wildman–Crippen LogP) is 4.97. The first-order valence-electron chi connectivity index (χ1n) is 12.0. The third-order valence-electron chi connectivity index (χ3n) is 6.70. The smallest absolute Gasteiger partial charge is 0.322 e. The van der Waals surface area contributed by atoms with E-state index in [1.165, 1.54) is 5.56 Å². The number of hydrogen-bond donors (Lipinski definition) is 1. The average Bonchev–Trinajstić information content (AvgIpc) is 2.88. The number of methoxy groups -OCH3 is 1. The number of anilines is 1. The van der Waals surface area contributed by atoms with Gasteiger partial charge in [-0.3, -0.25) is 4.90 Å². The molecule has 0 aliphatic carbocycles. The van der Waals surface area contributed by atoms with Crippen LogP contribution in [0.1, 0.15) is 22.6 Å². The number of carbonyl (C=O) groups is 1. The van der Waals surface area contributed by atoms with Crippen LogP contribution < -0.4 is 10.1 Å². The lowest BCUT2D eigenvalue weighted by molar-refractivity contribution is 0.0496. The molecule has 0 spiro atoms. The van der Waals surface area contributed by atoms with Crippen molar-refractivity contribution in [1.29, 1.82) is 0 Å². The zero-order valence-corrected chi connectivity index (χ0v) is 19.9. The Balaban J connectivity index is 1.25. The van der Waals surface area contributed by atoms with Crippen molar-refractivity contribution in [2.45, 2.75) is 12.0 Å². The van der Waals surface area contributed by atoms with Crippen LogP contribution in [0.15, 0.2) is 91.0 Å². The molecule has 2 amide bonds. The quantitative estimate of drug-likeness (QED) is 0.441. The Kier molecular flexibility index (Phi) is 6.83. The molecule has 1 N–H and O–H groups in total. The van der Waals surface area contributed by atoms with E-state index in [-0.39, 0.29) is 6.03 Å². The number of nitrogens with zero attached hydrogens (tertiary/aromatic N) is 2. The molecular weight excluding hydrogens is 434 g/mol. The molecule has 0 bridgehead atoms. The number of benzene rings is 3. The summed E-state index contributed by atoms with van der Waals surface area (Å²) in [6.45, 7) is 3.22.